The zero-order chi connectivity index (χ0) is 13.0. The number of ether oxygens (including phenoxy) is 2. The van der Waals surface area contributed by atoms with Crippen molar-refractivity contribution in [2.75, 3.05) is 32.9 Å². The number of benzene rings is 1. The predicted octanol–water partition coefficient (Wildman–Crippen LogP) is 0.938. The second-order valence-electron chi connectivity index (χ2n) is 4.29. The van der Waals surface area contributed by atoms with E-state index in [0.29, 0.717) is 32.1 Å². The van der Waals surface area contributed by atoms with Gasteiger partial charge in [0.2, 0.25) is 0 Å². The molecule has 0 aliphatic carbocycles. The molecule has 0 saturated carbocycles. The largest absolute Gasteiger partial charge is 0.508 e. The average Bonchev–Trinajstić information content (AvgIpc) is 2.36. The highest BCUT2D eigenvalue weighted by Crippen LogP contribution is 2.21. The van der Waals surface area contributed by atoms with Crippen LogP contribution >= 0.6 is 0 Å². The number of carbonyl (C=O) groups is 1. The highest BCUT2D eigenvalue weighted by atomic mass is 16.5. The fourth-order valence-electron chi connectivity index (χ4n) is 1.86. The molecule has 1 aromatic carbocycles. The number of phenolic OH excluding ortho intramolecular Hbond substituents is 1. The van der Waals surface area contributed by atoms with Crippen LogP contribution in [0.2, 0.25) is 0 Å². The van der Waals surface area contributed by atoms with Crippen LogP contribution in [0, 0.1) is 6.92 Å². The monoisotopic (exact) mass is 251 g/mol. The fourth-order valence-corrected chi connectivity index (χ4v) is 1.86. The third-order valence-electron chi connectivity index (χ3n) is 2.76. The van der Waals surface area contributed by atoms with Crippen LogP contribution in [0.15, 0.2) is 18.2 Å². The van der Waals surface area contributed by atoms with Gasteiger partial charge in [-0.05, 0) is 24.6 Å². The number of morpholine rings is 1. The van der Waals surface area contributed by atoms with Gasteiger partial charge in [0.1, 0.15) is 11.5 Å². The molecule has 0 unspecified atom stereocenters. The Hall–Kier alpha value is -1.75. The maximum absolute atomic E-state index is 11.8. The summed E-state index contributed by atoms with van der Waals surface area (Å²) in [5.41, 5.74) is 0.892. The van der Waals surface area contributed by atoms with Gasteiger partial charge in [0.15, 0.2) is 6.61 Å². The van der Waals surface area contributed by atoms with Crippen LogP contribution in [0.25, 0.3) is 0 Å². The lowest BCUT2D eigenvalue weighted by molar-refractivity contribution is -0.137. The van der Waals surface area contributed by atoms with Crippen molar-refractivity contribution in [1.29, 1.82) is 0 Å². The third kappa shape index (κ3) is 3.37. The van der Waals surface area contributed by atoms with E-state index in [0.717, 1.165) is 5.56 Å². The lowest BCUT2D eigenvalue weighted by Gasteiger charge is -2.26. The molecule has 1 heterocycles. The summed E-state index contributed by atoms with van der Waals surface area (Å²) >= 11 is 0. The summed E-state index contributed by atoms with van der Waals surface area (Å²) in [5, 5.41) is 9.42. The van der Waals surface area contributed by atoms with Crippen molar-refractivity contribution in [2.45, 2.75) is 6.92 Å². The van der Waals surface area contributed by atoms with E-state index in [-0.39, 0.29) is 18.3 Å². The molecule has 18 heavy (non-hydrogen) atoms. The Morgan fingerprint density at radius 2 is 2.11 bits per heavy atom. The molecular formula is C13H17NO4. The van der Waals surface area contributed by atoms with Crippen LogP contribution in [0.3, 0.4) is 0 Å². The Morgan fingerprint density at radius 1 is 1.39 bits per heavy atom. The van der Waals surface area contributed by atoms with Gasteiger partial charge < -0.3 is 19.5 Å². The molecule has 1 fully saturated rings. The molecule has 5 nitrogen and oxygen atoms in total. The quantitative estimate of drug-likeness (QED) is 0.868. The first-order valence-electron chi connectivity index (χ1n) is 5.94. The van der Waals surface area contributed by atoms with E-state index < -0.39 is 0 Å². The van der Waals surface area contributed by atoms with E-state index in [1.165, 1.54) is 6.07 Å². The smallest absolute Gasteiger partial charge is 0.260 e. The van der Waals surface area contributed by atoms with Gasteiger partial charge in [0, 0.05) is 19.2 Å². The molecule has 0 radical (unpaired) electrons. The van der Waals surface area contributed by atoms with Crippen LogP contribution in [0.4, 0.5) is 0 Å². The van der Waals surface area contributed by atoms with E-state index in [1.54, 1.807) is 17.0 Å². The third-order valence-corrected chi connectivity index (χ3v) is 2.76. The first-order valence-corrected chi connectivity index (χ1v) is 5.94. The molecule has 1 N–H and O–H groups in total. The Morgan fingerprint density at radius 3 is 2.78 bits per heavy atom. The summed E-state index contributed by atoms with van der Waals surface area (Å²) in [6.07, 6.45) is 0. The Kier molecular flexibility index (Phi) is 4.04. The summed E-state index contributed by atoms with van der Waals surface area (Å²) in [5.74, 6) is 0.595. The minimum atomic E-state index is -0.0562. The summed E-state index contributed by atoms with van der Waals surface area (Å²) < 4.78 is 10.6. The van der Waals surface area contributed by atoms with Crippen LogP contribution < -0.4 is 4.74 Å². The maximum Gasteiger partial charge on any atom is 0.260 e. The highest BCUT2D eigenvalue weighted by molar-refractivity contribution is 5.77. The van der Waals surface area contributed by atoms with Gasteiger partial charge in [-0.3, -0.25) is 4.79 Å². The molecule has 0 bridgehead atoms. The van der Waals surface area contributed by atoms with Crippen molar-refractivity contribution in [3.8, 4) is 11.5 Å². The molecular weight excluding hydrogens is 234 g/mol. The van der Waals surface area contributed by atoms with Crippen molar-refractivity contribution in [1.82, 2.24) is 4.90 Å². The van der Waals surface area contributed by atoms with Crippen molar-refractivity contribution in [2.24, 2.45) is 0 Å². The van der Waals surface area contributed by atoms with E-state index in [2.05, 4.69) is 0 Å². The van der Waals surface area contributed by atoms with E-state index in [1.807, 2.05) is 6.92 Å². The number of amides is 1. The van der Waals surface area contributed by atoms with E-state index in [9.17, 15) is 9.90 Å². The number of nitrogens with zero attached hydrogens (tertiary/aromatic N) is 1. The molecule has 5 heteroatoms. The second-order valence-corrected chi connectivity index (χ2v) is 4.29. The van der Waals surface area contributed by atoms with Gasteiger partial charge in [-0.2, -0.15) is 0 Å². The molecule has 0 aromatic heterocycles. The normalized spacial score (nSPS) is 15.5. The fraction of sp³-hybridized carbons (Fsp3) is 0.462. The minimum Gasteiger partial charge on any atom is -0.508 e. The van der Waals surface area contributed by atoms with E-state index >= 15 is 0 Å². The van der Waals surface area contributed by atoms with Gasteiger partial charge in [-0.25, -0.2) is 0 Å². The molecule has 1 amide bonds. The Labute approximate surface area is 106 Å². The van der Waals surface area contributed by atoms with Crippen molar-refractivity contribution in [3.05, 3.63) is 23.8 Å². The SMILES string of the molecule is Cc1cc(O)cc(OCC(=O)N2CCOCC2)c1. The summed E-state index contributed by atoms with van der Waals surface area (Å²) in [7, 11) is 0. The molecule has 1 aliphatic heterocycles. The maximum atomic E-state index is 11.8. The predicted molar refractivity (Wildman–Crippen MR) is 65.7 cm³/mol. The molecule has 1 saturated heterocycles. The Bertz CT molecular complexity index is 407. The molecule has 1 aromatic rings. The molecule has 98 valence electrons. The zero-order valence-corrected chi connectivity index (χ0v) is 10.4. The van der Waals surface area contributed by atoms with Crippen LogP contribution in [-0.2, 0) is 9.53 Å². The number of rotatable bonds is 3. The topological polar surface area (TPSA) is 59.0 Å². The lowest BCUT2D eigenvalue weighted by Crippen LogP contribution is -2.42. The highest BCUT2D eigenvalue weighted by Gasteiger charge is 2.17. The van der Waals surface area contributed by atoms with Gasteiger partial charge >= 0.3 is 0 Å². The molecule has 0 spiro atoms. The van der Waals surface area contributed by atoms with Gasteiger partial charge in [-0.15, -0.1) is 0 Å². The van der Waals surface area contributed by atoms with Gasteiger partial charge in [0.05, 0.1) is 13.2 Å². The average molecular weight is 251 g/mol. The van der Waals surface area contributed by atoms with Crippen molar-refractivity contribution < 1.29 is 19.4 Å². The number of hydrogen-bond donors (Lipinski definition) is 1. The second kappa shape index (κ2) is 5.73. The molecule has 2 rings (SSSR count). The number of aromatic hydroxyl groups is 1. The minimum absolute atomic E-state index is 0.0110. The molecule has 1 aliphatic rings. The number of hydrogen-bond acceptors (Lipinski definition) is 4. The van der Waals surface area contributed by atoms with Crippen molar-refractivity contribution >= 4 is 5.91 Å². The standard InChI is InChI=1S/C13H17NO4/c1-10-6-11(15)8-12(7-10)18-9-13(16)14-2-4-17-5-3-14/h6-8,15H,2-5,9H2,1H3. The summed E-state index contributed by atoms with van der Waals surface area (Å²) in [4.78, 5) is 13.5. The van der Waals surface area contributed by atoms with Crippen LogP contribution in [0.5, 0.6) is 11.5 Å². The zero-order valence-electron chi connectivity index (χ0n) is 10.4. The first-order chi connectivity index (χ1) is 8.65. The Balaban J connectivity index is 1.88. The first kappa shape index (κ1) is 12.7. The number of carbonyl (C=O) groups excluding carboxylic acids is 1. The lowest BCUT2D eigenvalue weighted by atomic mass is 10.2. The van der Waals surface area contributed by atoms with Crippen LogP contribution in [-0.4, -0.2) is 48.8 Å². The number of phenols is 1. The van der Waals surface area contributed by atoms with Crippen LogP contribution in [0.1, 0.15) is 5.56 Å². The molecule has 0 atom stereocenters. The summed E-state index contributed by atoms with van der Waals surface area (Å²) in [6.45, 7) is 4.23. The van der Waals surface area contributed by atoms with E-state index in [4.69, 9.17) is 9.47 Å². The number of aryl methyl sites for hydroxylation is 1. The summed E-state index contributed by atoms with van der Waals surface area (Å²) in [6, 6.07) is 4.92. The van der Waals surface area contributed by atoms with Gasteiger partial charge in [-0.1, -0.05) is 0 Å². The van der Waals surface area contributed by atoms with Gasteiger partial charge in [0.25, 0.3) is 5.91 Å². The van der Waals surface area contributed by atoms with Crippen molar-refractivity contribution in [3.63, 3.8) is 0 Å².